The standard InChI is InChI=1S/C16H15Cl3N4O2/c1-24-15-16(25-2)22-14-10(8-23-7-3-6-20-23)12(19)11(18)9(4-5-17)13(14)21-15/h3,6-7H,4-5,8H2,1-2H3. The lowest BCUT2D eigenvalue weighted by Gasteiger charge is -2.16. The van der Waals surface area contributed by atoms with Crippen LogP contribution in [-0.2, 0) is 13.0 Å². The molecule has 0 saturated heterocycles. The van der Waals surface area contributed by atoms with Gasteiger partial charge in [0, 0.05) is 29.4 Å². The maximum Gasteiger partial charge on any atom is 0.278 e. The van der Waals surface area contributed by atoms with Gasteiger partial charge in [0.2, 0.25) is 0 Å². The lowest BCUT2D eigenvalue weighted by Crippen LogP contribution is -2.07. The Hall–Kier alpha value is -1.76. The van der Waals surface area contributed by atoms with Gasteiger partial charge in [-0.3, -0.25) is 4.68 Å². The van der Waals surface area contributed by atoms with Gasteiger partial charge in [-0.15, -0.1) is 11.6 Å². The summed E-state index contributed by atoms with van der Waals surface area (Å²) >= 11 is 19.0. The largest absolute Gasteiger partial charge is 0.477 e. The fourth-order valence-corrected chi connectivity index (χ4v) is 3.34. The molecule has 3 rings (SSSR count). The first-order chi connectivity index (χ1) is 12.1. The fourth-order valence-electron chi connectivity index (χ4n) is 2.59. The van der Waals surface area contributed by atoms with Gasteiger partial charge in [0.1, 0.15) is 0 Å². The van der Waals surface area contributed by atoms with Crippen molar-refractivity contribution < 1.29 is 9.47 Å². The normalized spacial score (nSPS) is 11.1. The highest BCUT2D eigenvalue weighted by atomic mass is 35.5. The minimum Gasteiger partial charge on any atom is -0.477 e. The molecule has 3 aromatic rings. The number of methoxy groups -OCH3 is 2. The molecular formula is C16H15Cl3N4O2. The molecule has 6 nitrogen and oxygen atoms in total. The van der Waals surface area contributed by atoms with E-state index in [1.165, 1.54) is 14.2 Å². The molecule has 2 heterocycles. The molecule has 0 bridgehead atoms. The molecule has 25 heavy (non-hydrogen) atoms. The van der Waals surface area contributed by atoms with E-state index in [9.17, 15) is 0 Å². The number of hydrogen-bond acceptors (Lipinski definition) is 5. The number of ether oxygens (including phenoxy) is 2. The van der Waals surface area contributed by atoms with Crippen molar-refractivity contribution in [2.75, 3.05) is 20.1 Å². The summed E-state index contributed by atoms with van der Waals surface area (Å²) in [5.74, 6) is 0.917. The second kappa shape index (κ2) is 7.64. The van der Waals surface area contributed by atoms with Crippen molar-refractivity contribution in [2.24, 2.45) is 0 Å². The second-order valence-corrected chi connectivity index (χ2v) is 6.30. The van der Waals surface area contributed by atoms with Crippen molar-refractivity contribution in [2.45, 2.75) is 13.0 Å². The summed E-state index contributed by atoms with van der Waals surface area (Å²) in [7, 11) is 3.00. The Labute approximate surface area is 159 Å². The molecule has 0 fully saturated rings. The van der Waals surface area contributed by atoms with Crippen molar-refractivity contribution in [1.82, 2.24) is 19.7 Å². The van der Waals surface area contributed by atoms with Crippen LogP contribution in [0.1, 0.15) is 11.1 Å². The van der Waals surface area contributed by atoms with Gasteiger partial charge in [-0.25, -0.2) is 9.97 Å². The highest BCUT2D eigenvalue weighted by Crippen LogP contribution is 2.39. The summed E-state index contributed by atoms with van der Waals surface area (Å²) in [4.78, 5) is 9.09. The minimum atomic E-state index is 0.270. The van der Waals surface area contributed by atoms with E-state index in [0.717, 1.165) is 5.56 Å². The Balaban J connectivity index is 2.33. The zero-order valence-corrected chi connectivity index (χ0v) is 15.9. The fraction of sp³-hybridized carbons (Fsp3) is 0.312. The van der Waals surface area contributed by atoms with E-state index in [1.54, 1.807) is 10.9 Å². The zero-order chi connectivity index (χ0) is 18.0. The molecule has 0 radical (unpaired) electrons. The van der Waals surface area contributed by atoms with Gasteiger partial charge in [-0.05, 0) is 12.5 Å². The van der Waals surface area contributed by atoms with Gasteiger partial charge < -0.3 is 9.47 Å². The molecule has 0 N–H and O–H groups in total. The number of benzene rings is 1. The van der Waals surface area contributed by atoms with E-state index in [0.29, 0.717) is 45.5 Å². The molecule has 0 unspecified atom stereocenters. The Kier molecular flexibility index (Phi) is 5.51. The molecule has 0 aliphatic carbocycles. The van der Waals surface area contributed by atoms with E-state index in [1.807, 2.05) is 12.3 Å². The number of hydrogen-bond donors (Lipinski definition) is 0. The SMILES string of the molecule is COc1nc2c(CCCl)c(Cl)c(Cl)c(Cn3cccn3)c2nc1OC. The molecule has 0 aliphatic rings. The molecule has 0 aliphatic heterocycles. The van der Waals surface area contributed by atoms with Gasteiger partial charge in [-0.1, -0.05) is 23.2 Å². The van der Waals surface area contributed by atoms with Crippen LogP contribution in [-0.4, -0.2) is 39.8 Å². The van der Waals surface area contributed by atoms with Gasteiger partial charge >= 0.3 is 0 Å². The van der Waals surface area contributed by atoms with E-state index in [4.69, 9.17) is 44.3 Å². The number of alkyl halides is 1. The van der Waals surface area contributed by atoms with Crippen molar-refractivity contribution in [3.8, 4) is 11.8 Å². The van der Waals surface area contributed by atoms with Crippen molar-refractivity contribution in [3.05, 3.63) is 39.6 Å². The molecular weight excluding hydrogens is 387 g/mol. The van der Waals surface area contributed by atoms with Gasteiger partial charge in [0.25, 0.3) is 11.8 Å². The third-order valence-electron chi connectivity index (χ3n) is 3.74. The lowest BCUT2D eigenvalue weighted by molar-refractivity contribution is 0.334. The summed E-state index contributed by atoms with van der Waals surface area (Å²) in [6.07, 6.45) is 4.02. The highest BCUT2D eigenvalue weighted by Gasteiger charge is 2.22. The second-order valence-electron chi connectivity index (χ2n) is 5.17. The number of nitrogens with zero attached hydrogens (tertiary/aromatic N) is 4. The van der Waals surface area contributed by atoms with Crippen LogP contribution in [0.5, 0.6) is 11.8 Å². The van der Waals surface area contributed by atoms with Crippen LogP contribution in [0.2, 0.25) is 10.0 Å². The van der Waals surface area contributed by atoms with Crippen LogP contribution in [0.3, 0.4) is 0 Å². The zero-order valence-electron chi connectivity index (χ0n) is 13.6. The number of aryl methyl sites for hydroxylation is 1. The van der Waals surface area contributed by atoms with Gasteiger partial charge in [0.15, 0.2) is 0 Å². The van der Waals surface area contributed by atoms with Crippen LogP contribution in [0.25, 0.3) is 11.0 Å². The third kappa shape index (κ3) is 3.34. The molecule has 0 amide bonds. The monoisotopic (exact) mass is 400 g/mol. The number of aromatic nitrogens is 4. The Morgan fingerprint density at radius 2 is 1.60 bits per heavy atom. The number of rotatable bonds is 6. The minimum absolute atomic E-state index is 0.270. The van der Waals surface area contributed by atoms with E-state index in [2.05, 4.69) is 15.1 Å². The van der Waals surface area contributed by atoms with Gasteiger partial charge in [0.05, 0.1) is 41.8 Å². The topological polar surface area (TPSA) is 62.1 Å². The van der Waals surface area contributed by atoms with Crippen LogP contribution in [0.4, 0.5) is 0 Å². The summed E-state index contributed by atoms with van der Waals surface area (Å²) < 4.78 is 12.3. The molecule has 9 heteroatoms. The van der Waals surface area contributed by atoms with Gasteiger partial charge in [-0.2, -0.15) is 5.10 Å². The maximum atomic E-state index is 6.54. The average molecular weight is 402 g/mol. The first-order valence-corrected chi connectivity index (χ1v) is 8.71. The predicted octanol–water partition coefficient (Wildman–Crippen LogP) is 3.98. The Morgan fingerprint density at radius 1 is 1.00 bits per heavy atom. The predicted molar refractivity (Wildman–Crippen MR) is 98.4 cm³/mol. The Morgan fingerprint density at radius 3 is 2.12 bits per heavy atom. The highest BCUT2D eigenvalue weighted by molar-refractivity contribution is 6.44. The smallest absolute Gasteiger partial charge is 0.278 e. The molecule has 0 spiro atoms. The number of halogens is 3. The van der Waals surface area contributed by atoms with Crippen molar-refractivity contribution in [3.63, 3.8) is 0 Å². The van der Waals surface area contributed by atoms with E-state index < -0.39 is 0 Å². The number of fused-ring (bicyclic) bond motifs is 1. The summed E-state index contributed by atoms with van der Waals surface area (Å²) in [5, 5.41) is 5.04. The van der Waals surface area contributed by atoms with E-state index in [-0.39, 0.29) is 11.8 Å². The molecule has 0 atom stereocenters. The van der Waals surface area contributed by atoms with Crippen molar-refractivity contribution >= 4 is 45.8 Å². The molecule has 2 aromatic heterocycles. The third-order valence-corrected chi connectivity index (χ3v) is 4.86. The molecule has 132 valence electrons. The summed E-state index contributed by atoms with van der Waals surface area (Å²) in [6, 6.07) is 1.83. The van der Waals surface area contributed by atoms with E-state index >= 15 is 0 Å². The molecule has 1 aromatic carbocycles. The first kappa shape index (κ1) is 18.0. The van der Waals surface area contributed by atoms with Crippen LogP contribution >= 0.6 is 34.8 Å². The summed E-state index contributed by atoms with van der Waals surface area (Å²) in [6.45, 7) is 0.396. The average Bonchev–Trinajstić information content (AvgIpc) is 3.14. The lowest BCUT2D eigenvalue weighted by atomic mass is 10.1. The van der Waals surface area contributed by atoms with Crippen LogP contribution in [0, 0.1) is 0 Å². The van der Waals surface area contributed by atoms with Crippen molar-refractivity contribution in [1.29, 1.82) is 0 Å². The maximum absolute atomic E-state index is 6.54. The first-order valence-electron chi connectivity index (χ1n) is 7.42. The Bertz CT molecular complexity index is 901. The summed E-state index contributed by atoms with van der Waals surface area (Å²) in [5.41, 5.74) is 2.61. The quantitative estimate of drug-likeness (QED) is 0.585. The van der Waals surface area contributed by atoms with Crippen LogP contribution in [0.15, 0.2) is 18.5 Å². The van der Waals surface area contributed by atoms with Crippen LogP contribution < -0.4 is 9.47 Å². The molecule has 0 saturated carbocycles.